The first kappa shape index (κ1) is 34.7. The average molecular weight is 898 g/mol. The number of fused-ring (bicyclic) bond motifs is 10. The number of nitriles is 1. The van der Waals surface area contributed by atoms with Crippen molar-refractivity contribution in [3.63, 3.8) is 0 Å². The maximum Gasteiger partial charge on any atom is 0.324 e. The van der Waals surface area contributed by atoms with Gasteiger partial charge in [-0.15, -0.1) is 11.8 Å². The maximum atomic E-state index is 13.7. The number of phenols is 2. The first-order valence-corrected chi connectivity index (χ1v) is 17.3. The van der Waals surface area contributed by atoms with Gasteiger partial charge in [-0.05, 0) is 44.0 Å². The molecule has 49 heavy (non-hydrogen) atoms. The van der Waals surface area contributed by atoms with Crippen LogP contribution in [-0.2, 0) is 22.5 Å². The summed E-state index contributed by atoms with van der Waals surface area (Å²) in [6.07, 6.45) is 0.543. The van der Waals surface area contributed by atoms with E-state index in [1.807, 2.05) is 51.2 Å². The fraction of sp³-hybridized carbons (Fsp3) is 0.444. The van der Waals surface area contributed by atoms with Crippen molar-refractivity contribution in [2.45, 2.75) is 68.3 Å². The number of nitrogens with zero attached hydrogens (tertiary/aromatic N) is 3. The first-order chi connectivity index (χ1) is 23.2. The third kappa shape index (κ3) is 5.32. The number of hydrogen-bond acceptors (Lipinski definition) is 12. The molecule has 2 fully saturated rings. The van der Waals surface area contributed by atoms with Crippen LogP contribution in [0.5, 0.6) is 28.7 Å². The van der Waals surface area contributed by atoms with Gasteiger partial charge in [0.1, 0.15) is 24.4 Å². The summed E-state index contributed by atoms with van der Waals surface area (Å²) >= 11 is 1.54. The van der Waals surface area contributed by atoms with Gasteiger partial charge in [0.2, 0.25) is 6.79 Å². The molecule has 13 heteroatoms. The number of piperazine rings is 1. The molecule has 0 aromatic heterocycles. The molecule has 6 aliphatic rings. The Balaban J connectivity index is 0.00000378. The maximum absolute atomic E-state index is 13.7. The van der Waals surface area contributed by atoms with Gasteiger partial charge in [0, 0.05) is 90.7 Å². The second-order valence-electron chi connectivity index (χ2n) is 13.2. The Morgan fingerprint density at radius 1 is 1.08 bits per heavy atom. The summed E-state index contributed by atoms with van der Waals surface area (Å²) in [5.41, 5.74) is 5.58. The molecule has 4 bridgehead atoms. The number of likely N-dealkylation sites (N-methyl/N-ethyl adjacent to an activating group) is 1. The summed E-state index contributed by atoms with van der Waals surface area (Å²) in [4.78, 5) is 18.1. The molecule has 7 atom stereocenters. The largest absolute Gasteiger partial charge is 0.507 e. The Bertz CT molecular complexity index is 1860. The summed E-state index contributed by atoms with van der Waals surface area (Å²) in [7, 11) is 3.57. The second-order valence-corrected chi connectivity index (χ2v) is 14.4. The van der Waals surface area contributed by atoms with E-state index in [4.69, 9.17) is 18.9 Å². The van der Waals surface area contributed by atoms with Gasteiger partial charge in [0.25, 0.3) is 0 Å². The SMILES string of the molecule is COc1c(C)cc2c(c1O)[C@@H]1C3[C@@H]4SC[C@H](NCc5ccccc5)C(=O)OC[C@@H](c5c6c(c(C)c(O)c54)OCO6)N3[C@@H](C#N)[C@H](C2)N1C.[Ac]. The minimum absolute atomic E-state index is 0. The van der Waals surface area contributed by atoms with Gasteiger partial charge in [-0.1, -0.05) is 36.4 Å². The van der Waals surface area contributed by atoms with Gasteiger partial charge in [0.05, 0.1) is 30.5 Å². The van der Waals surface area contributed by atoms with Crippen LogP contribution in [0.2, 0.25) is 0 Å². The van der Waals surface area contributed by atoms with E-state index in [-0.39, 0.29) is 87.0 Å². The van der Waals surface area contributed by atoms with Gasteiger partial charge in [-0.3, -0.25) is 19.9 Å². The van der Waals surface area contributed by atoms with E-state index < -0.39 is 29.4 Å². The van der Waals surface area contributed by atoms with Gasteiger partial charge >= 0.3 is 5.97 Å². The summed E-state index contributed by atoms with van der Waals surface area (Å²) in [6, 6.07) is 11.7. The van der Waals surface area contributed by atoms with E-state index in [0.717, 1.165) is 22.3 Å². The number of thioether (sulfide) groups is 1. The summed E-state index contributed by atoms with van der Waals surface area (Å²) in [5, 5.41) is 37.7. The van der Waals surface area contributed by atoms with Crippen molar-refractivity contribution in [1.29, 1.82) is 5.26 Å². The Labute approximate surface area is 325 Å². The second kappa shape index (κ2) is 13.4. The van der Waals surface area contributed by atoms with E-state index in [2.05, 4.69) is 27.3 Å². The van der Waals surface area contributed by atoms with E-state index in [1.54, 1.807) is 18.9 Å². The normalized spacial score (nSPS) is 28.3. The van der Waals surface area contributed by atoms with Crippen LogP contribution < -0.4 is 19.5 Å². The summed E-state index contributed by atoms with van der Waals surface area (Å²) < 4.78 is 23.8. The van der Waals surface area contributed by atoms with Crippen LogP contribution in [0, 0.1) is 69.2 Å². The molecule has 3 aromatic carbocycles. The zero-order valence-corrected chi connectivity index (χ0v) is 33.4. The van der Waals surface area contributed by atoms with Crippen LogP contribution in [0.25, 0.3) is 0 Å². The minimum atomic E-state index is -0.626. The Hall–Kier alpha value is -2.71. The number of aryl methyl sites for hydroxylation is 1. The van der Waals surface area contributed by atoms with Crippen LogP contribution in [0.1, 0.15) is 56.3 Å². The van der Waals surface area contributed by atoms with E-state index in [0.29, 0.717) is 52.7 Å². The zero-order chi connectivity index (χ0) is 33.4. The molecule has 0 amide bonds. The number of benzene rings is 3. The summed E-state index contributed by atoms with van der Waals surface area (Å²) in [6.45, 7) is 4.16. The molecule has 6 aliphatic heterocycles. The third-order valence-corrected chi connectivity index (χ3v) is 12.2. The van der Waals surface area contributed by atoms with Crippen LogP contribution in [0.15, 0.2) is 36.4 Å². The predicted molar refractivity (Wildman–Crippen MR) is 177 cm³/mol. The van der Waals surface area contributed by atoms with Crippen LogP contribution in [-0.4, -0.2) is 83.5 Å². The van der Waals surface area contributed by atoms with Gasteiger partial charge < -0.3 is 29.2 Å². The minimum Gasteiger partial charge on any atom is -0.507 e. The number of carbonyl (C=O) groups excluding carboxylic acids is 1. The fourth-order valence-corrected chi connectivity index (χ4v) is 10.2. The molecule has 1 unspecified atom stereocenters. The van der Waals surface area contributed by atoms with Gasteiger partial charge in [-0.2, -0.15) is 5.26 Å². The number of aromatic hydroxyl groups is 2. The standard InChI is InChI=1S/C36H38N4O7S.Ac/c1-17-10-20-11-22-23(12-37)40-24-14-45-36(43)21(38-13-19-8-6-5-7-9-19)15-48-35(27-26(24)34-33(46-16-47-34)18(2)30(27)41)29(40)28(39(22)3)25(20)31(42)32(17)44-4;/h5-10,21-24,28-29,35,38,41-42H,11,13-16H2,1-4H3;/t21-,22-,23-,24-,28+,29?,35+;/m0./s1. The molecule has 9 rings (SSSR count). The average Bonchev–Trinajstić information content (AvgIpc) is 3.57. The smallest absolute Gasteiger partial charge is 0.324 e. The van der Waals surface area contributed by atoms with Crippen molar-refractivity contribution in [3.8, 4) is 34.8 Å². The summed E-state index contributed by atoms with van der Waals surface area (Å²) in [5.74, 6) is 1.58. The monoisotopic (exact) mass is 897 g/mol. The van der Waals surface area contributed by atoms with Crippen molar-refractivity contribution < 1.29 is 78.0 Å². The topological polar surface area (TPSA) is 137 Å². The Kier molecular flexibility index (Phi) is 9.53. The molecule has 2 saturated heterocycles. The first-order valence-electron chi connectivity index (χ1n) is 16.2. The molecule has 0 aliphatic carbocycles. The Morgan fingerprint density at radius 3 is 2.57 bits per heavy atom. The number of phenolic OH excluding ortho intramolecular Hbond substituents is 2. The molecule has 0 saturated carbocycles. The van der Waals surface area contributed by atoms with E-state index >= 15 is 0 Å². The molecule has 3 aromatic rings. The number of carbonyl (C=O) groups is 1. The number of esters is 1. The van der Waals surface area contributed by atoms with Crippen LogP contribution >= 0.6 is 11.8 Å². The number of hydrogen-bond donors (Lipinski definition) is 3. The quantitative estimate of drug-likeness (QED) is 0.325. The molecule has 6 heterocycles. The third-order valence-electron chi connectivity index (χ3n) is 10.8. The predicted octanol–water partition coefficient (Wildman–Crippen LogP) is 4.17. The number of ether oxygens (including phenoxy) is 4. The van der Waals surface area contributed by atoms with Crippen molar-refractivity contribution >= 4 is 17.7 Å². The molecule has 11 nitrogen and oxygen atoms in total. The van der Waals surface area contributed by atoms with E-state index in [9.17, 15) is 20.3 Å². The van der Waals surface area contributed by atoms with Crippen molar-refractivity contribution in [3.05, 3.63) is 75.3 Å². The van der Waals surface area contributed by atoms with Crippen LogP contribution in [0.4, 0.5) is 0 Å². The molecule has 253 valence electrons. The van der Waals surface area contributed by atoms with Gasteiger partial charge in [0.15, 0.2) is 23.0 Å². The Morgan fingerprint density at radius 2 is 1.84 bits per heavy atom. The van der Waals surface area contributed by atoms with Crippen LogP contribution in [0.3, 0.4) is 0 Å². The number of methoxy groups -OCH3 is 1. The molecule has 3 N–H and O–H groups in total. The zero-order valence-electron chi connectivity index (χ0n) is 27.8. The molecule has 1 radical (unpaired) electrons. The van der Waals surface area contributed by atoms with Crippen molar-refractivity contribution in [1.82, 2.24) is 15.1 Å². The molecular formula is C36H38AcN4O7S. The van der Waals surface area contributed by atoms with Gasteiger partial charge in [-0.25, -0.2) is 0 Å². The van der Waals surface area contributed by atoms with Crippen molar-refractivity contribution in [2.75, 3.05) is 33.3 Å². The van der Waals surface area contributed by atoms with Crippen molar-refractivity contribution in [2.24, 2.45) is 0 Å². The molecular weight excluding hydrogens is 859 g/mol. The van der Waals surface area contributed by atoms with E-state index in [1.165, 1.54) is 0 Å². The fourth-order valence-electron chi connectivity index (χ4n) is 8.69. The molecule has 0 spiro atoms. The number of nitrogens with one attached hydrogen (secondary N) is 1. The number of rotatable bonds is 4.